The van der Waals surface area contributed by atoms with Crippen LogP contribution in [0.3, 0.4) is 0 Å². The molecule has 1 unspecified atom stereocenters. The Balaban J connectivity index is 0. The highest BCUT2D eigenvalue weighted by atomic mass is 127. The molecule has 21 heavy (non-hydrogen) atoms. The first-order valence-corrected chi connectivity index (χ1v) is 7.84. The molecule has 0 aliphatic carbocycles. The Morgan fingerprint density at radius 2 is 1.86 bits per heavy atom. The van der Waals surface area contributed by atoms with Crippen LogP contribution in [0.5, 0.6) is 0 Å². The Hall–Kier alpha value is -0.0800. The van der Waals surface area contributed by atoms with Gasteiger partial charge in [-0.15, -0.1) is 24.0 Å². The molecule has 0 saturated heterocycles. The molecule has 0 radical (unpaired) electrons. The summed E-state index contributed by atoms with van der Waals surface area (Å²) in [4.78, 5) is 6.73. The van der Waals surface area contributed by atoms with Crippen LogP contribution in [0.25, 0.3) is 0 Å². The van der Waals surface area contributed by atoms with Gasteiger partial charge < -0.3 is 20.7 Å². The summed E-state index contributed by atoms with van der Waals surface area (Å²) in [6, 6.07) is 0.453. The van der Waals surface area contributed by atoms with Gasteiger partial charge in [0, 0.05) is 25.8 Å². The maximum Gasteiger partial charge on any atom is 0.188 e. The minimum Gasteiger partial charge on any atom is -0.382 e. The first-order chi connectivity index (χ1) is 9.56. The number of aliphatic imine (C=N–C) groups is 1. The lowest BCUT2D eigenvalue weighted by molar-refractivity contribution is 0.145. The van der Waals surface area contributed by atoms with Gasteiger partial charge in [0.1, 0.15) is 0 Å². The molecule has 0 saturated carbocycles. The second kappa shape index (κ2) is 14.8. The van der Waals surface area contributed by atoms with Crippen LogP contribution >= 0.6 is 24.0 Å². The predicted octanol–water partition coefficient (Wildman–Crippen LogP) is 2.30. The number of guanidine groups is 1. The van der Waals surface area contributed by atoms with Gasteiger partial charge in [-0.25, -0.2) is 0 Å². The molecule has 0 rings (SSSR count). The van der Waals surface area contributed by atoms with E-state index in [-0.39, 0.29) is 24.0 Å². The van der Waals surface area contributed by atoms with Crippen molar-refractivity contribution >= 4 is 29.9 Å². The molecule has 6 heteroatoms. The van der Waals surface area contributed by atoms with Crippen LogP contribution in [0.1, 0.15) is 40.0 Å². The maximum atomic E-state index is 5.90. The zero-order valence-corrected chi connectivity index (χ0v) is 16.7. The lowest BCUT2D eigenvalue weighted by Crippen LogP contribution is -2.40. The fraction of sp³-hybridized carbons (Fsp3) is 0.933. The SMILES string of the molecule is CCOCCCNC(N)=NCC(C(CC)CC)N(C)C.I. The maximum absolute atomic E-state index is 5.90. The summed E-state index contributed by atoms with van der Waals surface area (Å²) in [5.74, 6) is 1.21. The number of halogens is 1. The lowest BCUT2D eigenvalue weighted by Gasteiger charge is -2.30. The molecule has 1 atom stereocenters. The summed E-state index contributed by atoms with van der Waals surface area (Å²) < 4.78 is 5.28. The third-order valence-corrected chi connectivity index (χ3v) is 3.68. The Labute approximate surface area is 148 Å². The van der Waals surface area contributed by atoms with Crippen LogP contribution in [0, 0.1) is 5.92 Å². The summed E-state index contributed by atoms with van der Waals surface area (Å²) in [6.07, 6.45) is 3.31. The quantitative estimate of drug-likeness (QED) is 0.236. The molecule has 0 aliphatic rings. The van der Waals surface area contributed by atoms with Gasteiger partial charge in [-0.2, -0.15) is 0 Å². The van der Waals surface area contributed by atoms with Crippen molar-refractivity contribution in [1.82, 2.24) is 10.2 Å². The zero-order chi connectivity index (χ0) is 15.4. The fourth-order valence-electron chi connectivity index (χ4n) is 2.35. The number of rotatable bonds is 11. The van der Waals surface area contributed by atoms with Gasteiger partial charge in [-0.3, -0.25) is 4.99 Å². The first-order valence-electron chi connectivity index (χ1n) is 7.84. The van der Waals surface area contributed by atoms with Gasteiger partial charge in [0.25, 0.3) is 0 Å². The second-order valence-electron chi connectivity index (χ2n) is 5.31. The minimum atomic E-state index is 0. The van der Waals surface area contributed by atoms with E-state index >= 15 is 0 Å². The number of nitrogens with two attached hydrogens (primary N) is 1. The molecule has 0 amide bonds. The van der Waals surface area contributed by atoms with E-state index in [2.05, 4.69) is 43.2 Å². The molecule has 0 spiro atoms. The van der Waals surface area contributed by atoms with Crippen molar-refractivity contribution < 1.29 is 4.74 Å². The van der Waals surface area contributed by atoms with Crippen molar-refractivity contribution in [3.8, 4) is 0 Å². The Morgan fingerprint density at radius 3 is 2.33 bits per heavy atom. The highest BCUT2D eigenvalue weighted by molar-refractivity contribution is 14.0. The predicted molar refractivity (Wildman–Crippen MR) is 103 cm³/mol. The zero-order valence-electron chi connectivity index (χ0n) is 14.4. The molecule has 0 heterocycles. The molecule has 3 N–H and O–H groups in total. The summed E-state index contributed by atoms with van der Waals surface area (Å²) >= 11 is 0. The highest BCUT2D eigenvalue weighted by Gasteiger charge is 2.20. The number of likely N-dealkylation sites (N-methyl/N-ethyl adjacent to an activating group) is 1. The van der Waals surface area contributed by atoms with E-state index in [1.54, 1.807) is 0 Å². The van der Waals surface area contributed by atoms with Crippen LogP contribution < -0.4 is 11.1 Å². The second-order valence-corrected chi connectivity index (χ2v) is 5.31. The van der Waals surface area contributed by atoms with E-state index < -0.39 is 0 Å². The average molecular weight is 414 g/mol. The number of nitrogens with one attached hydrogen (secondary N) is 1. The highest BCUT2D eigenvalue weighted by Crippen LogP contribution is 2.17. The molecule has 0 aromatic rings. The van der Waals surface area contributed by atoms with E-state index in [1.165, 1.54) is 12.8 Å². The van der Waals surface area contributed by atoms with Crippen molar-refractivity contribution in [3.05, 3.63) is 0 Å². The molecule has 0 aromatic heterocycles. The van der Waals surface area contributed by atoms with E-state index in [1.807, 2.05) is 6.92 Å². The van der Waals surface area contributed by atoms with E-state index in [9.17, 15) is 0 Å². The molecule has 0 aromatic carbocycles. The average Bonchev–Trinajstić information content (AvgIpc) is 2.42. The Morgan fingerprint density at radius 1 is 1.24 bits per heavy atom. The van der Waals surface area contributed by atoms with Crippen molar-refractivity contribution in [1.29, 1.82) is 0 Å². The standard InChI is InChI=1S/C15H34N4O.HI/c1-6-13(7-2)14(19(4)5)12-18-15(16)17-10-9-11-20-8-3;/h13-14H,6-12H2,1-5H3,(H3,16,17,18);1H. The number of nitrogens with zero attached hydrogens (tertiary/aromatic N) is 2. The van der Waals surface area contributed by atoms with Crippen LogP contribution in [-0.2, 0) is 4.74 Å². The largest absolute Gasteiger partial charge is 0.382 e. The summed E-state index contributed by atoms with van der Waals surface area (Å²) in [5, 5.41) is 3.14. The van der Waals surface area contributed by atoms with E-state index in [0.717, 1.165) is 32.7 Å². The van der Waals surface area contributed by atoms with Gasteiger partial charge >= 0.3 is 0 Å². The van der Waals surface area contributed by atoms with Crippen LogP contribution in [0.4, 0.5) is 0 Å². The molecular formula is C15H35IN4O. The lowest BCUT2D eigenvalue weighted by atomic mass is 9.93. The van der Waals surface area contributed by atoms with E-state index in [0.29, 0.717) is 17.9 Å². The van der Waals surface area contributed by atoms with Gasteiger partial charge in [-0.05, 0) is 33.4 Å². The topological polar surface area (TPSA) is 62.9 Å². The number of hydrogen-bond donors (Lipinski definition) is 2. The number of hydrogen-bond acceptors (Lipinski definition) is 3. The van der Waals surface area contributed by atoms with E-state index in [4.69, 9.17) is 10.5 Å². The van der Waals surface area contributed by atoms with Crippen molar-refractivity contribution in [2.75, 3.05) is 40.4 Å². The molecule has 128 valence electrons. The normalized spacial score (nSPS) is 13.4. The van der Waals surface area contributed by atoms with Crippen molar-refractivity contribution in [3.63, 3.8) is 0 Å². The van der Waals surface area contributed by atoms with Crippen molar-refractivity contribution in [2.24, 2.45) is 16.6 Å². The van der Waals surface area contributed by atoms with Crippen LogP contribution in [-0.4, -0.2) is 57.3 Å². The van der Waals surface area contributed by atoms with Gasteiger partial charge in [0.05, 0.1) is 6.54 Å². The van der Waals surface area contributed by atoms with Crippen LogP contribution in [0.15, 0.2) is 4.99 Å². The number of ether oxygens (including phenoxy) is 1. The van der Waals surface area contributed by atoms with Crippen LogP contribution in [0.2, 0.25) is 0 Å². The third kappa shape index (κ3) is 11.2. The fourth-order valence-corrected chi connectivity index (χ4v) is 2.35. The molecular weight excluding hydrogens is 379 g/mol. The molecule has 0 aliphatic heterocycles. The van der Waals surface area contributed by atoms with Crippen molar-refractivity contribution in [2.45, 2.75) is 46.1 Å². The third-order valence-electron chi connectivity index (χ3n) is 3.68. The minimum absolute atomic E-state index is 0. The Kier molecular flexibility index (Phi) is 16.4. The van der Waals surface area contributed by atoms with Gasteiger partial charge in [0.2, 0.25) is 0 Å². The Bertz CT molecular complexity index is 258. The molecule has 0 fully saturated rings. The van der Waals surface area contributed by atoms with Gasteiger partial charge in [0.15, 0.2) is 5.96 Å². The molecule has 5 nitrogen and oxygen atoms in total. The summed E-state index contributed by atoms with van der Waals surface area (Å²) in [6.45, 7) is 9.58. The summed E-state index contributed by atoms with van der Waals surface area (Å²) in [7, 11) is 4.23. The monoisotopic (exact) mass is 414 g/mol. The molecule has 0 bridgehead atoms. The first kappa shape index (κ1) is 23.2. The van der Waals surface area contributed by atoms with Gasteiger partial charge in [-0.1, -0.05) is 26.7 Å². The smallest absolute Gasteiger partial charge is 0.188 e. The summed E-state index contributed by atoms with van der Waals surface area (Å²) in [5.41, 5.74) is 5.90.